The summed E-state index contributed by atoms with van der Waals surface area (Å²) in [6, 6.07) is 18.9. The van der Waals surface area contributed by atoms with Crippen LogP contribution in [0.1, 0.15) is 18.5 Å². The number of rotatable bonds is 6. The van der Waals surface area contributed by atoms with Crippen molar-refractivity contribution in [1.82, 2.24) is 0 Å². The van der Waals surface area contributed by atoms with E-state index in [4.69, 9.17) is 14.3 Å². The predicted molar refractivity (Wildman–Crippen MR) is 132 cm³/mol. The first kappa shape index (κ1) is 23.2. The zero-order chi connectivity index (χ0) is 24.7. The topological polar surface area (TPSA) is 88.5 Å². The van der Waals surface area contributed by atoms with Gasteiger partial charge in [-0.2, -0.15) is 0 Å². The van der Waals surface area contributed by atoms with Gasteiger partial charge in [0.25, 0.3) is 5.91 Å². The maximum Gasteiger partial charge on any atom is 0.266 e. The van der Waals surface area contributed by atoms with Crippen LogP contribution in [0.4, 0.5) is 11.4 Å². The van der Waals surface area contributed by atoms with Crippen molar-refractivity contribution >= 4 is 39.1 Å². The summed E-state index contributed by atoms with van der Waals surface area (Å²) >= 11 is 3.37. The molecule has 0 spiro atoms. The van der Waals surface area contributed by atoms with Crippen LogP contribution in [-0.2, 0) is 14.4 Å². The summed E-state index contributed by atoms with van der Waals surface area (Å²) in [7, 11) is 1.45. The van der Waals surface area contributed by atoms with E-state index in [-0.39, 0.29) is 11.5 Å². The number of methoxy groups -OCH3 is 1. The fourth-order valence-electron chi connectivity index (χ4n) is 4.63. The van der Waals surface area contributed by atoms with Gasteiger partial charge in [-0.05, 0) is 64.8 Å². The number of imide groups is 1. The van der Waals surface area contributed by atoms with Gasteiger partial charge < -0.3 is 14.6 Å². The molecule has 2 aliphatic heterocycles. The molecule has 0 aromatic heterocycles. The minimum Gasteiger partial charge on any atom is -0.503 e. The molecule has 35 heavy (non-hydrogen) atoms. The Kier molecular flexibility index (Phi) is 6.12. The van der Waals surface area contributed by atoms with E-state index in [0.717, 1.165) is 4.90 Å². The molecule has 9 heteroatoms. The molecule has 2 fully saturated rings. The molecule has 2 amide bonds. The van der Waals surface area contributed by atoms with Gasteiger partial charge in [-0.15, -0.1) is 0 Å². The molecule has 3 aromatic carbocycles. The first-order chi connectivity index (χ1) is 17.0. The van der Waals surface area contributed by atoms with Crippen molar-refractivity contribution in [3.8, 4) is 17.2 Å². The lowest BCUT2D eigenvalue weighted by atomic mass is 9.90. The summed E-state index contributed by atoms with van der Waals surface area (Å²) in [5, 5.41) is 11.9. The normalized spacial score (nSPS) is 21.4. The monoisotopic (exact) mass is 538 g/mol. The zero-order valence-corrected chi connectivity index (χ0v) is 20.6. The Balaban J connectivity index is 1.62. The molecule has 0 bridgehead atoms. The molecular formula is C26H23BrN2O6. The van der Waals surface area contributed by atoms with Gasteiger partial charge in [0.05, 0.1) is 35.6 Å². The Morgan fingerprint density at radius 2 is 1.71 bits per heavy atom. The molecule has 0 radical (unpaired) electrons. The van der Waals surface area contributed by atoms with E-state index < -0.39 is 29.9 Å². The standard InChI is InChI=1S/C26H23BrN2O6/c1-3-34-19-12-8-7-11-18(19)28-25(31)21-22(15-13-17(27)23(30)20(14-15)33-2)29(35-24(21)26(28)32)16-9-5-4-6-10-16/h4-14,21-22,24,30H,3H2,1-2H3/t21-,22-,24-/m0/s1. The number of carbonyl (C=O) groups is 2. The van der Waals surface area contributed by atoms with Gasteiger partial charge >= 0.3 is 0 Å². The number of carbonyl (C=O) groups excluding carboxylic acids is 2. The van der Waals surface area contributed by atoms with Gasteiger partial charge in [-0.1, -0.05) is 30.3 Å². The van der Waals surface area contributed by atoms with Gasteiger partial charge in [0.15, 0.2) is 17.6 Å². The Labute approximate surface area is 210 Å². The van der Waals surface area contributed by atoms with E-state index in [9.17, 15) is 14.7 Å². The Morgan fingerprint density at radius 3 is 2.43 bits per heavy atom. The van der Waals surface area contributed by atoms with Crippen molar-refractivity contribution in [2.75, 3.05) is 23.7 Å². The van der Waals surface area contributed by atoms with Crippen LogP contribution in [0.3, 0.4) is 0 Å². The zero-order valence-electron chi connectivity index (χ0n) is 19.1. The number of benzene rings is 3. The number of ether oxygens (including phenoxy) is 2. The molecule has 3 aromatic rings. The number of anilines is 2. The lowest BCUT2D eigenvalue weighted by Gasteiger charge is -2.29. The summed E-state index contributed by atoms with van der Waals surface area (Å²) in [5.74, 6) is -1.06. The Hall–Kier alpha value is -3.56. The second kappa shape index (κ2) is 9.24. The van der Waals surface area contributed by atoms with Crippen LogP contribution in [-0.4, -0.2) is 36.7 Å². The number of hydrogen-bond acceptors (Lipinski definition) is 7. The molecule has 5 rings (SSSR count). The minimum absolute atomic E-state index is 0.0564. The second-order valence-corrected chi connectivity index (χ2v) is 8.98. The quantitative estimate of drug-likeness (QED) is 0.458. The highest BCUT2D eigenvalue weighted by molar-refractivity contribution is 9.10. The lowest BCUT2D eigenvalue weighted by Crippen LogP contribution is -2.37. The summed E-state index contributed by atoms with van der Waals surface area (Å²) in [5.41, 5.74) is 1.72. The number of halogens is 1. The van der Waals surface area contributed by atoms with Crippen LogP contribution in [0, 0.1) is 5.92 Å². The highest BCUT2D eigenvalue weighted by Gasteiger charge is 2.60. The van der Waals surface area contributed by atoms with Crippen LogP contribution in [0.15, 0.2) is 71.2 Å². The molecular weight excluding hydrogens is 516 g/mol. The summed E-state index contributed by atoms with van der Waals surface area (Å²) in [4.78, 5) is 34.8. The third-order valence-corrected chi connectivity index (χ3v) is 6.75. The lowest BCUT2D eigenvalue weighted by molar-refractivity contribution is -0.126. The van der Waals surface area contributed by atoms with Gasteiger partial charge in [0.1, 0.15) is 11.7 Å². The molecule has 2 aliphatic rings. The molecule has 0 unspecified atom stereocenters. The van der Waals surface area contributed by atoms with Crippen molar-refractivity contribution in [3.63, 3.8) is 0 Å². The van der Waals surface area contributed by atoms with E-state index in [0.29, 0.717) is 33.8 Å². The Morgan fingerprint density at radius 1 is 1.00 bits per heavy atom. The maximum atomic E-state index is 13.9. The van der Waals surface area contributed by atoms with E-state index in [1.165, 1.54) is 7.11 Å². The average molecular weight is 539 g/mol. The number of hydrogen-bond donors (Lipinski definition) is 1. The number of amides is 2. The SMILES string of the molecule is CCOc1ccccc1N1C(=O)[C@@H]2[C@H](ON(c3ccccc3)[C@H]2c2cc(Br)c(O)c(OC)c2)C1=O. The van der Waals surface area contributed by atoms with Crippen molar-refractivity contribution in [1.29, 1.82) is 0 Å². The number of para-hydroxylation sites is 3. The minimum atomic E-state index is -1.03. The van der Waals surface area contributed by atoms with Crippen molar-refractivity contribution in [2.24, 2.45) is 5.92 Å². The highest BCUT2D eigenvalue weighted by Crippen LogP contribution is 2.50. The number of fused-ring (bicyclic) bond motifs is 1. The third-order valence-electron chi connectivity index (χ3n) is 6.14. The molecule has 1 N–H and O–H groups in total. The first-order valence-electron chi connectivity index (χ1n) is 11.1. The second-order valence-electron chi connectivity index (χ2n) is 8.12. The van der Waals surface area contributed by atoms with E-state index in [1.54, 1.807) is 41.5 Å². The molecule has 8 nitrogen and oxygen atoms in total. The van der Waals surface area contributed by atoms with Gasteiger partial charge in [0.2, 0.25) is 5.91 Å². The number of aromatic hydroxyl groups is 1. The Bertz CT molecular complexity index is 1280. The maximum absolute atomic E-state index is 13.9. The van der Waals surface area contributed by atoms with E-state index >= 15 is 0 Å². The molecule has 2 heterocycles. The average Bonchev–Trinajstić information content (AvgIpc) is 3.38. The molecule has 3 atom stereocenters. The fraction of sp³-hybridized carbons (Fsp3) is 0.231. The number of hydroxylamine groups is 1. The fourth-order valence-corrected chi connectivity index (χ4v) is 5.09. The number of nitrogens with zero attached hydrogens (tertiary/aromatic N) is 2. The van der Waals surface area contributed by atoms with E-state index in [1.807, 2.05) is 37.3 Å². The van der Waals surface area contributed by atoms with Gasteiger partial charge in [-0.25, -0.2) is 9.96 Å². The highest BCUT2D eigenvalue weighted by atomic mass is 79.9. The van der Waals surface area contributed by atoms with Crippen molar-refractivity contribution < 1.29 is 29.0 Å². The number of phenolic OH excluding ortho intramolecular Hbond substituents is 1. The summed E-state index contributed by atoms with van der Waals surface area (Å²) in [6.45, 7) is 2.23. The van der Waals surface area contributed by atoms with Crippen LogP contribution < -0.4 is 19.4 Å². The summed E-state index contributed by atoms with van der Waals surface area (Å²) in [6.07, 6.45) is -1.03. The largest absolute Gasteiger partial charge is 0.503 e. The molecule has 0 saturated carbocycles. The van der Waals surface area contributed by atoms with Crippen LogP contribution in [0.2, 0.25) is 0 Å². The first-order valence-corrected chi connectivity index (χ1v) is 11.9. The van der Waals surface area contributed by atoms with Crippen molar-refractivity contribution in [3.05, 3.63) is 76.8 Å². The molecule has 180 valence electrons. The number of phenols is 1. The van der Waals surface area contributed by atoms with Gasteiger partial charge in [-0.3, -0.25) is 14.4 Å². The summed E-state index contributed by atoms with van der Waals surface area (Å²) < 4.78 is 11.4. The van der Waals surface area contributed by atoms with Crippen molar-refractivity contribution in [2.45, 2.75) is 19.1 Å². The van der Waals surface area contributed by atoms with Crippen LogP contribution in [0.5, 0.6) is 17.2 Å². The van der Waals surface area contributed by atoms with Gasteiger partial charge in [0, 0.05) is 0 Å². The van der Waals surface area contributed by atoms with Crippen LogP contribution in [0.25, 0.3) is 0 Å². The predicted octanol–water partition coefficient (Wildman–Crippen LogP) is 4.61. The molecule has 2 saturated heterocycles. The molecule has 0 aliphatic carbocycles. The van der Waals surface area contributed by atoms with E-state index in [2.05, 4.69) is 15.9 Å². The smallest absolute Gasteiger partial charge is 0.266 e. The third kappa shape index (κ3) is 3.81. The van der Waals surface area contributed by atoms with Crippen LogP contribution >= 0.6 is 15.9 Å².